The molecule has 6 nitrogen and oxygen atoms in total. The Kier molecular flexibility index (Phi) is 5.95. The Hall–Kier alpha value is -1.14. The number of nitrogens with one attached hydrogen (secondary N) is 2. The van der Waals surface area contributed by atoms with Crippen LogP contribution in [0.5, 0.6) is 0 Å². The number of carbonyl (C=O) groups excluding carboxylic acids is 2. The molecule has 116 valence electrons. The Morgan fingerprint density at radius 2 is 1.90 bits per heavy atom. The molecule has 2 N–H and O–H groups in total. The minimum atomic E-state index is -0.480. The molecule has 1 heterocycles. The summed E-state index contributed by atoms with van der Waals surface area (Å²) < 4.78 is 0. The maximum absolute atomic E-state index is 12.4. The van der Waals surface area contributed by atoms with Crippen molar-refractivity contribution in [1.29, 1.82) is 0 Å². The van der Waals surface area contributed by atoms with E-state index in [1.54, 1.807) is 7.05 Å². The van der Waals surface area contributed by atoms with Gasteiger partial charge in [0.2, 0.25) is 11.8 Å². The predicted octanol–water partition coefficient (Wildman–Crippen LogP) is -0.489. The lowest BCUT2D eigenvalue weighted by molar-refractivity contribution is -0.134. The molecule has 1 saturated heterocycles. The molecule has 1 aliphatic heterocycles. The largest absolute Gasteiger partial charge is 0.359 e. The molecule has 0 radical (unpaired) electrons. The Morgan fingerprint density at radius 3 is 2.50 bits per heavy atom. The van der Waals surface area contributed by atoms with Gasteiger partial charge in [-0.2, -0.15) is 0 Å². The summed E-state index contributed by atoms with van der Waals surface area (Å²) in [6, 6.07) is 0.182. The number of likely N-dealkylation sites (N-methyl/N-ethyl adjacent to an activating group) is 2. The molecule has 1 unspecified atom stereocenters. The fraction of sp³-hybridized carbons (Fsp3) is 0.857. The summed E-state index contributed by atoms with van der Waals surface area (Å²) in [5.41, 5.74) is -0.480. The van der Waals surface area contributed by atoms with E-state index in [2.05, 4.69) is 34.5 Å². The molecular formula is C14H28N4O2. The Bertz CT molecular complexity index is 357. The van der Waals surface area contributed by atoms with E-state index in [1.807, 2.05) is 13.8 Å². The molecule has 0 aromatic carbocycles. The topological polar surface area (TPSA) is 64.7 Å². The predicted molar refractivity (Wildman–Crippen MR) is 79.4 cm³/mol. The molecule has 0 bridgehead atoms. The van der Waals surface area contributed by atoms with Crippen molar-refractivity contribution >= 4 is 11.8 Å². The van der Waals surface area contributed by atoms with Crippen molar-refractivity contribution in [2.24, 2.45) is 5.41 Å². The highest BCUT2D eigenvalue weighted by Gasteiger charge is 2.41. The van der Waals surface area contributed by atoms with E-state index in [1.165, 1.54) is 0 Å². The summed E-state index contributed by atoms with van der Waals surface area (Å²) in [5.74, 6) is -0.0498. The number of amides is 2. The summed E-state index contributed by atoms with van der Waals surface area (Å²) in [7, 11) is 5.75. The average molecular weight is 290 g/mol. The van der Waals surface area contributed by atoms with Crippen LogP contribution in [0.15, 0.2) is 0 Å². The minimum absolute atomic E-state index is 0.00792. The second-order valence-electron chi connectivity index (χ2n) is 6.16. The van der Waals surface area contributed by atoms with E-state index in [-0.39, 0.29) is 17.9 Å². The van der Waals surface area contributed by atoms with Crippen LogP contribution in [0.2, 0.25) is 0 Å². The summed E-state index contributed by atoms with van der Waals surface area (Å²) in [5, 5.41) is 5.42. The van der Waals surface area contributed by atoms with Gasteiger partial charge in [0.1, 0.15) is 0 Å². The van der Waals surface area contributed by atoms with Gasteiger partial charge in [-0.3, -0.25) is 14.5 Å². The first kappa shape index (κ1) is 16.9. The van der Waals surface area contributed by atoms with Crippen molar-refractivity contribution in [3.05, 3.63) is 0 Å². The first-order chi connectivity index (χ1) is 9.28. The highest BCUT2D eigenvalue weighted by atomic mass is 16.3. The van der Waals surface area contributed by atoms with E-state index in [0.717, 1.165) is 19.6 Å². The molecule has 0 aromatic heterocycles. The van der Waals surface area contributed by atoms with Crippen LogP contribution in [-0.2, 0) is 9.59 Å². The van der Waals surface area contributed by atoms with Gasteiger partial charge in [0.15, 0.2) is 0 Å². The van der Waals surface area contributed by atoms with Gasteiger partial charge in [-0.15, -0.1) is 0 Å². The van der Waals surface area contributed by atoms with Crippen LogP contribution in [0.1, 0.15) is 20.3 Å². The van der Waals surface area contributed by atoms with Gasteiger partial charge < -0.3 is 15.5 Å². The Balaban J connectivity index is 2.57. The third-order valence-corrected chi connectivity index (χ3v) is 4.19. The molecule has 1 atom stereocenters. The van der Waals surface area contributed by atoms with Crippen molar-refractivity contribution in [3.63, 3.8) is 0 Å². The zero-order valence-corrected chi connectivity index (χ0v) is 13.3. The lowest BCUT2D eigenvalue weighted by atomic mass is 9.83. The van der Waals surface area contributed by atoms with Gasteiger partial charge in [0.25, 0.3) is 0 Å². The monoisotopic (exact) mass is 290 g/mol. The van der Waals surface area contributed by atoms with Crippen LogP contribution in [0.25, 0.3) is 0 Å². The zero-order valence-electron chi connectivity index (χ0n) is 13.3. The molecule has 0 aromatic rings. The maximum atomic E-state index is 12.4. The molecule has 0 aliphatic carbocycles. The molecule has 1 rings (SSSR count). The van der Waals surface area contributed by atoms with E-state index >= 15 is 0 Å². The minimum Gasteiger partial charge on any atom is -0.359 e. The number of nitrogens with zero attached hydrogens (tertiary/aromatic N) is 2. The van der Waals surface area contributed by atoms with Gasteiger partial charge in [-0.1, -0.05) is 0 Å². The molecular weight excluding hydrogens is 262 g/mol. The van der Waals surface area contributed by atoms with Gasteiger partial charge >= 0.3 is 0 Å². The fourth-order valence-electron chi connectivity index (χ4n) is 2.58. The first-order valence-electron chi connectivity index (χ1n) is 7.16. The van der Waals surface area contributed by atoms with Crippen LogP contribution >= 0.6 is 0 Å². The fourth-order valence-corrected chi connectivity index (χ4v) is 2.58. The smallest absolute Gasteiger partial charge is 0.227 e. The summed E-state index contributed by atoms with van der Waals surface area (Å²) in [6.45, 7) is 7.21. The lowest BCUT2D eigenvalue weighted by Crippen LogP contribution is -2.60. The van der Waals surface area contributed by atoms with Crippen molar-refractivity contribution in [3.8, 4) is 0 Å². The highest BCUT2D eigenvalue weighted by Crippen LogP contribution is 2.27. The molecule has 1 fully saturated rings. The molecule has 0 spiro atoms. The maximum Gasteiger partial charge on any atom is 0.227 e. The number of hydrogen-bond acceptors (Lipinski definition) is 4. The van der Waals surface area contributed by atoms with E-state index < -0.39 is 5.41 Å². The van der Waals surface area contributed by atoms with E-state index in [0.29, 0.717) is 13.0 Å². The summed E-state index contributed by atoms with van der Waals surface area (Å²) in [4.78, 5) is 28.1. The Labute approximate surface area is 121 Å². The molecule has 20 heavy (non-hydrogen) atoms. The summed E-state index contributed by atoms with van der Waals surface area (Å²) >= 11 is 0. The van der Waals surface area contributed by atoms with Gasteiger partial charge in [0.05, 0.1) is 5.41 Å². The highest BCUT2D eigenvalue weighted by molar-refractivity contribution is 5.83. The molecule has 1 aliphatic rings. The zero-order chi connectivity index (χ0) is 15.3. The quantitative estimate of drug-likeness (QED) is 0.530. The second kappa shape index (κ2) is 7.04. The van der Waals surface area contributed by atoms with Gasteiger partial charge in [0, 0.05) is 45.7 Å². The first-order valence-corrected chi connectivity index (χ1v) is 7.16. The Morgan fingerprint density at radius 1 is 1.25 bits per heavy atom. The summed E-state index contributed by atoms with van der Waals surface area (Å²) in [6.07, 6.45) is 0.318. The third kappa shape index (κ3) is 4.18. The molecule has 2 amide bonds. The standard InChI is InChI=1S/C14H28N4O2/c1-14(2,11-10-17(4)8-9-18(11)5)13(20)16-7-6-12(19)15-3/h11H,6-10H2,1-5H3,(H,15,19)(H,16,20)/i3+1,5+1,12+1,15+1,17+1,18+1. The van der Waals surface area contributed by atoms with Gasteiger partial charge in [-0.25, -0.2) is 0 Å². The normalized spacial score (nSPS) is 21.6. The van der Waals surface area contributed by atoms with Crippen molar-refractivity contribution < 1.29 is 9.59 Å². The number of hydrogen-bond donors (Lipinski definition) is 2. The molecule has 0 saturated carbocycles. The van der Waals surface area contributed by atoms with Crippen molar-refractivity contribution in [2.75, 3.05) is 47.3 Å². The SMILES string of the molecule is C[15N]1CC[15N]([13CH3])C(C(C)(C)C(=O)NCC[13C](=O)[15NH][13CH3])C1. The lowest BCUT2D eigenvalue weighted by Gasteiger charge is -2.45. The number of rotatable bonds is 5. The van der Waals surface area contributed by atoms with Crippen molar-refractivity contribution in [2.45, 2.75) is 26.3 Å². The van der Waals surface area contributed by atoms with Crippen LogP contribution in [-0.4, -0.2) is 75.0 Å². The van der Waals surface area contributed by atoms with E-state index in [9.17, 15) is 9.59 Å². The van der Waals surface area contributed by atoms with Crippen LogP contribution in [0.3, 0.4) is 0 Å². The van der Waals surface area contributed by atoms with Crippen molar-refractivity contribution in [1.82, 2.24) is 20.4 Å². The second-order valence-corrected chi connectivity index (χ2v) is 6.16. The van der Waals surface area contributed by atoms with E-state index in [4.69, 9.17) is 0 Å². The third-order valence-electron chi connectivity index (χ3n) is 4.19. The number of carbonyl (C=O) groups is 2. The molecule has 6 heteroatoms. The van der Waals surface area contributed by atoms with Gasteiger partial charge in [-0.05, 0) is 27.9 Å². The van der Waals surface area contributed by atoms with Crippen LogP contribution in [0, 0.1) is 5.41 Å². The average Bonchev–Trinajstić information content (AvgIpc) is 2.40. The van der Waals surface area contributed by atoms with Crippen LogP contribution in [0.4, 0.5) is 0 Å². The van der Waals surface area contributed by atoms with Crippen LogP contribution < -0.4 is 10.6 Å². The number of piperazine rings is 1.